The van der Waals surface area contributed by atoms with Crippen LogP contribution < -0.4 is 5.73 Å². The third-order valence-electron chi connectivity index (χ3n) is 3.34. The molecule has 2 N–H and O–H groups in total. The molecule has 2 aromatic rings. The van der Waals surface area contributed by atoms with E-state index in [4.69, 9.17) is 10.5 Å². The van der Waals surface area contributed by atoms with Gasteiger partial charge >= 0.3 is 0 Å². The summed E-state index contributed by atoms with van der Waals surface area (Å²) in [7, 11) is 0. The summed E-state index contributed by atoms with van der Waals surface area (Å²) < 4.78 is 5.36. The highest BCUT2D eigenvalue weighted by Crippen LogP contribution is 2.26. The molecular formula is C16H21N3O. The first-order chi connectivity index (χ1) is 9.51. The maximum atomic E-state index is 5.88. The van der Waals surface area contributed by atoms with E-state index in [0.29, 0.717) is 24.9 Å². The van der Waals surface area contributed by atoms with Crippen LogP contribution in [0.15, 0.2) is 18.2 Å². The standard InChI is InChI=1S/C16H21N3O/c1-5-20-9-16-18-14(8-15(17)19-16)13-7-11(3)10(2)6-12(13)4/h6-8H,5,9H2,1-4H3,(H2,17,18,19). The van der Waals surface area contributed by atoms with E-state index in [2.05, 4.69) is 42.9 Å². The molecule has 0 aliphatic heterocycles. The topological polar surface area (TPSA) is 61.0 Å². The smallest absolute Gasteiger partial charge is 0.157 e. The quantitative estimate of drug-likeness (QED) is 0.927. The van der Waals surface area contributed by atoms with Crippen LogP contribution in [-0.2, 0) is 11.3 Å². The molecule has 106 valence electrons. The number of rotatable bonds is 4. The van der Waals surface area contributed by atoms with Crippen molar-refractivity contribution in [3.8, 4) is 11.3 Å². The van der Waals surface area contributed by atoms with Gasteiger partial charge in [-0.25, -0.2) is 9.97 Å². The lowest BCUT2D eigenvalue weighted by Gasteiger charge is -2.11. The molecule has 1 aromatic heterocycles. The summed E-state index contributed by atoms with van der Waals surface area (Å²) in [5.41, 5.74) is 11.5. The van der Waals surface area contributed by atoms with Crippen molar-refractivity contribution >= 4 is 5.82 Å². The van der Waals surface area contributed by atoms with Crippen molar-refractivity contribution < 1.29 is 4.74 Å². The predicted octanol–water partition coefficient (Wildman–Crippen LogP) is 3.19. The third kappa shape index (κ3) is 3.14. The molecule has 0 unspecified atom stereocenters. The van der Waals surface area contributed by atoms with Crippen molar-refractivity contribution in [2.75, 3.05) is 12.3 Å². The number of hydrogen-bond acceptors (Lipinski definition) is 4. The normalized spacial score (nSPS) is 10.8. The van der Waals surface area contributed by atoms with E-state index in [1.165, 1.54) is 16.7 Å². The molecule has 1 heterocycles. The molecule has 4 heteroatoms. The van der Waals surface area contributed by atoms with Crippen LogP contribution >= 0.6 is 0 Å². The van der Waals surface area contributed by atoms with E-state index in [0.717, 1.165) is 11.3 Å². The number of aromatic nitrogens is 2. The van der Waals surface area contributed by atoms with Crippen LogP contribution in [0.4, 0.5) is 5.82 Å². The van der Waals surface area contributed by atoms with Crippen LogP contribution in [-0.4, -0.2) is 16.6 Å². The monoisotopic (exact) mass is 271 g/mol. The van der Waals surface area contributed by atoms with E-state index in [-0.39, 0.29) is 0 Å². The van der Waals surface area contributed by atoms with Crippen LogP contribution in [0, 0.1) is 20.8 Å². The minimum atomic E-state index is 0.387. The van der Waals surface area contributed by atoms with Crippen LogP contribution in [0.1, 0.15) is 29.4 Å². The van der Waals surface area contributed by atoms with Crippen LogP contribution in [0.25, 0.3) is 11.3 Å². The highest BCUT2D eigenvalue weighted by atomic mass is 16.5. The number of nitrogens with two attached hydrogens (primary N) is 1. The molecule has 0 bridgehead atoms. The molecule has 4 nitrogen and oxygen atoms in total. The van der Waals surface area contributed by atoms with Crippen molar-refractivity contribution in [2.45, 2.75) is 34.3 Å². The van der Waals surface area contributed by atoms with E-state index in [1.54, 1.807) is 0 Å². The number of aryl methyl sites for hydroxylation is 3. The number of ether oxygens (including phenoxy) is 1. The average molecular weight is 271 g/mol. The average Bonchev–Trinajstić information content (AvgIpc) is 2.40. The maximum absolute atomic E-state index is 5.88. The third-order valence-corrected chi connectivity index (χ3v) is 3.34. The van der Waals surface area contributed by atoms with Crippen LogP contribution in [0.3, 0.4) is 0 Å². The fourth-order valence-electron chi connectivity index (χ4n) is 2.15. The second-order valence-electron chi connectivity index (χ2n) is 4.98. The summed E-state index contributed by atoms with van der Waals surface area (Å²) in [5, 5.41) is 0. The van der Waals surface area contributed by atoms with Crippen LogP contribution in [0.5, 0.6) is 0 Å². The van der Waals surface area contributed by atoms with Gasteiger partial charge in [-0.15, -0.1) is 0 Å². The van der Waals surface area contributed by atoms with E-state index in [9.17, 15) is 0 Å². The number of nitrogen functional groups attached to an aromatic ring is 1. The Labute approximate surface area is 120 Å². The Morgan fingerprint density at radius 1 is 1.00 bits per heavy atom. The molecule has 0 radical (unpaired) electrons. The van der Waals surface area contributed by atoms with E-state index < -0.39 is 0 Å². The summed E-state index contributed by atoms with van der Waals surface area (Å²) >= 11 is 0. The van der Waals surface area contributed by atoms with Gasteiger partial charge in [0.25, 0.3) is 0 Å². The highest BCUT2D eigenvalue weighted by molar-refractivity contribution is 5.67. The lowest BCUT2D eigenvalue weighted by atomic mass is 9.98. The first kappa shape index (κ1) is 14.5. The van der Waals surface area contributed by atoms with Crippen molar-refractivity contribution in [3.05, 3.63) is 40.7 Å². The molecule has 0 saturated carbocycles. The lowest BCUT2D eigenvalue weighted by Crippen LogP contribution is -2.04. The second kappa shape index (κ2) is 6.01. The zero-order chi connectivity index (χ0) is 14.7. The summed E-state index contributed by atoms with van der Waals surface area (Å²) in [4.78, 5) is 8.77. The fourth-order valence-corrected chi connectivity index (χ4v) is 2.15. The van der Waals surface area contributed by atoms with Gasteiger partial charge in [-0.1, -0.05) is 6.07 Å². The Morgan fingerprint density at radius 3 is 2.40 bits per heavy atom. The van der Waals surface area contributed by atoms with Crippen molar-refractivity contribution in [2.24, 2.45) is 0 Å². The molecule has 2 rings (SSSR count). The Kier molecular flexibility index (Phi) is 4.35. The van der Waals surface area contributed by atoms with Gasteiger partial charge in [0.2, 0.25) is 0 Å². The number of anilines is 1. The molecule has 0 atom stereocenters. The Hall–Kier alpha value is -1.94. The van der Waals surface area contributed by atoms with Gasteiger partial charge in [-0.2, -0.15) is 0 Å². The minimum Gasteiger partial charge on any atom is -0.384 e. The number of nitrogens with zero attached hydrogens (tertiary/aromatic N) is 2. The Bertz CT molecular complexity index is 623. The zero-order valence-corrected chi connectivity index (χ0v) is 12.5. The molecule has 0 aliphatic rings. The summed E-state index contributed by atoms with van der Waals surface area (Å²) in [6.07, 6.45) is 0. The minimum absolute atomic E-state index is 0.387. The lowest BCUT2D eigenvalue weighted by molar-refractivity contribution is 0.128. The molecule has 0 amide bonds. The van der Waals surface area contributed by atoms with Gasteiger partial charge in [0, 0.05) is 18.2 Å². The van der Waals surface area contributed by atoms with Gasteiger partial charge in [0.1, 0.15) is 12.4 Å². The zero-order valence-electron chi connectivity index (χ0n) is 12.5. The van der Waals surface area contributed by atoms with Gasteiger partial charge in [-0.3, -0.25) is 0 Å². The molecule has 0 aliphatic carbocycles. The fraction of sp³-hybridized carbons (Fsp3) is 0.375. The molecular weight excluding hydrogens is 250 g/mol. The second-order valence-corrected chi connectivity index (χ2v) is 4.98. The van der Waals surface area contributed by atoms with E-state index >= 15 is 0 Å². The molecule has 0 fully saturated rings. The molecule has 20 heavy (non-hydrogen) atoms. The Morgan fingerprint density at radius 2 is 1.70 bits per heavy atom. The van der Waals surface area contributed by atoms with Gasteiger partial charge in [-0.05, 0) is 50.5 Å². The Balaban J connectivity index is 2.47. The van der Waals surface area contributed by atoms with Crippen molar-refractivity contribution in [1.82, 2.24) is 9.97 Å². The van der Waals surface area contributed by atoms with Gasteiger partial charge < -0.3 is 10.5 Å². The highest BCUT2D eigenvalue weighted by Gasteiger charge is 2.09. The molecule has 0 saturated heterocycles. The predicted molar refractivity (Wildman–Crippen MR) is 81.4 cm³/mol. The van der Waals surface area contributed by atoms with Gasteiger partial charge in [0.15, 0.2) is 5.82 Å². The SMILES string of the molecule is CCOCc1nc(N)cc(-c2cc(C)c(C)cc2C)n1. The number of benzene rings is 1. The summed E-state index contributed by atoms with van der Waals surface area (Å²) in [6, 6.07) is 6.13. The van der Waals surface area contributed by atoms with Crippen LogP contribution in [0.2, 0.25) is 0 Å². The maximum Gasteiger partial charge on any atom is 0.157 e. The van der Waals surface area contributed by atoms with Crippen molar-refractivity contribution in [3.63, 3.8) is 0 Å². The first-order valence-electron chi connectivity index (χ1n) is 6.80. The summed E-state index contributed by atoms with van der Waals surface area (Å²) in [5.74, 6) is 1.10. The van der Waals surface area contributed by atoms with E-state index in [1.807, 2.05) is 13.0 Å². The van der Waals surface area contributed by atoms with Gasteiger partial charge in [0.05, 0.1) is 5.69 Å². The summed E-state index contributed by atoms with van der Waals surface area (Å²) in [6.45, 7) is 9.27. The molecule has 0 spiro atoms. The number of hydrogen-bond donors (Lipinski definition) is 1. The first-order valence-corrected chi connectivity index (χ1v) is 6.80. The molecule has 1 aromatic carbocycles. The van der Waals surface area contributed by atoms with Crippen molar-refractivity contribution in [1.29, 1.82) is 0 Å². The largest absolute Gasteiger partial charge is 0.384 e.